The van der Waals surface area contributed by atoms with Crippen LogP contribution in [-0.2, 0) is 9.59 Å². The van der Waals surface area contributed by atoms with E-state index in [1.807, 2.05) is 0 Å². The normalized spacial score (nSPS) is 16.1. The van der Waals surface area contributed by atoms with Crippen molar-refractivity contribution in [3.8, 4) is 0 Å². The molecule has 0 aromatic heterocycles. The predicted octanol–water partition coefficient (Wildman–Crippen LogP) is 1.48. The number of anilines is 1. The Balaban J connectivity index is 2.22. The number of nitro groups is 1. The third kappa shape index (κ3) is 3.05. The van der Waals surface area contributed by atoms with Crippen LogP contribution in [0, 0.1) is 24.0 Å². The standard InChI is InChI=1S/C15H18N4O5/c1-8-5-6-10(19(23)24)12(9(8)2)16-11(20)7-18-13(21)15(3,4)17-14(18)22/h5-6H,7H2,1-4H3,(H,16,20)(H,17,22). The predicted molar refractivity (Wildman–Crippen MR) is 85.5 cm³/mol. The summed E-state index contributed by atoms with van der Waals surface area (Å²) in [5, 5.41) is 16.0. The lowest BCUT2D eigenvalue weighted by Gasteiger charge is -2.16. The van der Waals surface area contributed by atoms with Crippen LogP contribution in [0.2, 0.25) is 0 Å². The van der Waals surface area contributed by atoms with Crippen molar-refractivity contribution < 1.29 is 19.3 Å². The molecule has 1 aliphatic heterocycles. The van der Waals surface area contributed by atoms with E-state index in [0.717, 1.165) is 10.5 Å². The van der Waals surface area contributed by atoms with Crippen molar-refractivity contribution in [3.05, 3.63) is 33.4 Å². The summed E-state index contributed by atoms with van der Waals surface area (Å²) in [4.78, 5) is 47.4. The molecule has 9 nitrogen and oxygen atoms in total. The van der Waals surface area contributed by atoms with Crippen molar-refractivity contribution in [2.45, 2.75) is 33.2 Å². The highest BCUT2D eigenvalue weighted by molar-refractivity contribution is 6.10. The van der Waals surface area contributed by atoms with Gasteiger partial charge in [-0.1, -0.05) is 6.07 Å². The molecule has 128 valence electrons. The number of imide groups is 1. The number of nitrogens with zero attached hydrogens (tertiary/aromatic N) is 2. The lowest BCUT2D eigenvalue weighted by Crippen LogP contribution is -2.41. The van der Waals surface area contributed by atoms with Crippen molar-refractivity contribution in [2.75, 3.05) is 11.9 Å². The summed E-state index contributed by atoms with van der Waals surface area (Å²) in [6.45, 7) is 5.95. The maximum atomic E-state index is 12.2. The fraction of sp³-hybridized carbons (Fsp3) is 0.400. The molecular weight excluding hydrogens is 316 g/mol. The Labute approximate surface area is 138 Å². The van der Waals surface area contributed by atoms with E-state index in [-0.39, 0.29) is 11.4 Å². The van der Waals surface area contributed by atoms with Gasteiger partial charge in [-0.15, -0.1) is 0 Å². The van der Waals surface area contributed by atoms with Gasteiger partial charge >= 0.3 is 6.03 Å². The Kier molecular flexibility index (Phi) is 4.28. The second kappa shape index (κ2) is 5.91. The number of hydrogen-bond acceptors (Lipinski definition) is 5. The van der Waals surface area contributed by atoms with Gasteiger partial charge in [0.2, 0.25) is 5.91 Å². The SMILES string of the molecule is Cc1ccc([N+](=O)[O-])c(NC(=O)CN2C(=O)NC(C)(C)C2=O)c1C. The summed E-state index contributed by atoms with van der Waals surface area (Å²) in [7, 11) is 0. The average Bonchev–Trinajstić information content (AvgIpc) is 2.65. The fourth-order valence-corrected chi connectivity index (χ4v) is 2.40. The quantitative estimate of drug-likeness (QED) is 0.490. The molecular formula is C15H18N4O5. The summed E-state index contributed by atoms with van der Waals surface area (Å²) < 4.78 is 0. The van der Waals surface area contributed by atoms with Crippen LogP contribution >= 0.6 is 0 Å². The number of aryl methyl sites for hydroxylation is 1. The Morgan fingerprint density at radius 3 is 2.46 bits per heavy atom. The molecule has 0 bridgehead atoms. The van der Waals surface area contributed by atoms with Gasteiger partial charge in [0.25, 0.3) is 11.6 Å². The minimum absolute atomic E-state index is 0.0660. The monoisotopic (exact) mass is 334 g/mol. The van der Waals surface area contributed by atoms with Gasteiger partial charge in [-0.3, -0.25) is 24.6 Å². The number of benzene rings is 1. The van der Waals surface area contributed by atoms with E-state index in [9.17, 15) is 24.5 Å². The lowest BCUT2D eigenvalue weighted by atomic mass is 10.1. The third-order valence-electron chi connectivity index (χ3n) is 3.92. The molecule has 1 fully saturated rings. The molecule has 24 heavy (non-hydrogen) atoms. The number of carbonyl (C=O) groups is 3. The molecule has 0 unspecified atom stereocenters. The van der Waals surface area contributed by atoms with Crippen molar-refractivity contribution in [1.29, 1.82) is 0 Å². The van der Waals surface area contributed by atoms with Crippen molar-refractivity contribution >= 4 is 29.2 Å². The highest BCUT2D eigenvalue weighted by Gasteiger charge is 2.44. The Morgan fingerprint density at radius 1 is 1.33 bits per heavy atom. The first-order valence-corrected chi connectivity index (χ1v) is 7.23. The zero-order valence-electron chi connectivity index (χ0n) is 13.8. The minimum Gasteiger partial charge on any atom is -0.324 e. The molecule has 0 radical (unpaired) electrons. The summed E-state index contributed by atoms with van der Waals surface area (Å²) in [6, 6.07) is 2.22. The van der Waals surface area contributed by atoms with Gasteiger partial charge in [0.05, 0.1) is 4.92 Å². The molecule has 2 rings (SSSR count). The van der Waals surface area contributed by atoms with Crippen molar-refractivity contribution in [1.82, 2.24) is 10.2 Å². The number of hydrogen-bond donors (Lipinski definition) is 2. The van der Waals surface area contributed by atoms with Gasteiger partial charge in [-0.05, 0) is 38.8 Å². The molecule has 9 heteroatoms. The summed E-state index contributed by atoms with van der Waals surface area (Å²) in [5.74, 6) is -1.22. The zero-order valence-corrected chi connectivity index (χ0v) is 13.8. The topological polar surface area (TPSA) is 122 Å². The molecule has 4 amide bonds. The number of urea groups is 1. The van der Waals surface area contributed by atoms with Gasteiger partial charge < -0.3 is 10.6 Å². The first-order valence-electron chi connectivity index (χ1n) is 7.23. The minimum atomic E-state index is -1.08. The first kappa shape index (κ1) is 17.4. The molecule has 0 atom stereocenters. The highest BCUT2D eigenvalue weighted by atomic mass is 16.6. The molecule has 0 spiro atoms. The van der Waals surface area contributed by atoms with Crippen molar-refractivity contribution in [3.63, 3.8) is 0 Å². The number of nitrogens with one attached hydrogen (secondary N) is 2. The van der Waals surface area contributed by atoms with Crippen LogP contribution in [0.1, 0.15) is 25.0 Å². The smallest absolute Gasteiger partial charge is 0.324 e. The summed E-state index contributed by atoms with van der Waals surface area (Å²) >= 11 is 0. The third-order valence-corrected chi connectivity index (χ3v) is 3.92. The molecule has 2 N–H and O–H groups in total. The maximum Gasteiger partial charge on any atom is 0.325 e. The second-order valence-corrected chi connectivity index (χ2v) is 6.15. The molecule has 1 aromatic rings. The van der Waals surface area contributed by atoms with Crippen LogP contribution < -0.4 is 10.6 Å². The van der Waals surface area contributed by atoms with Crippen LogP contribution in [0.3, 0.4) is 0 Å². The molecule has 1 heterocycles. The lowest BCUT2D eigenvalue weighted by molar-refractivity contribution is -0.384. The van der Waals surface area contributed by atoms with Crippen LogP contribution in [0.25, 0.3) is 0 Å². The van der Waals surface area contributed by atoms with E-state index >= 15 is 0 Å². The number of rotatable bonds is 4. The number of carbonyl (C=O) groups excluding carboxylic acids is 3. The zero-order chi connectivity index (χ0) is 18.2. The summed E-state index contributed by atoms with van der Waals surface area (Å²) in [6.07, 6.45) is 0. The molecule has 0 aliphatic carbocycles. The van der Waals surface area contributed by atoms with Crippen LogP contribution in [0.5, 0.6) is 0 Å². The van der Waals surface area contributed by atoms with E-state index in [4.69, 9.17) is 0 Å². The molecule has 1 aliphatic rings. The van der Waals surface area contributed by atoms with Gasteiger partial charge in [-0.2, -0.15) is 0 Å². The fourth-order valence-electron chi connectivity index (χ4n) is 2.40. The number of nitro benzene ring substituents is 1. The van der Waals surface area contributed by atoms with Crippen LogP contribution in [-0.4, -0.2) is 39.8 Å². The first-order chi connectivity index (χ1) is 11.0. The second-order valence-electron chi connectivity index (χ2n) is 6.15. The van der Waals surface area contributed by atoms with Crippen LogP contribution in [0.4, 0.5) is 16.2 Å². The van der Waals surface area contributed by atoms with Gasteiger partial charge in [0, 0.05) is 6.07 Å². The largest absolute Gasteiger partial charge is 0.325 e. The van der Waals surface area contributed by atoms with Gasteiger partial charge in [-0.25, -0.2) is 4.79 Å². The van der Waals surface area contributed by atoms with Gasteiger partial charge in [0.15, 0.2) is 0 Å². The van der Waals surface area contributed by atoms with E-state index in [1.54, 1.807) is 19.9 Å². The molecule has 1 saturated heterocycles. The Bertz CT molecular complexity index is 756. The number of amides is 4. The summed E-state index contributed by atoms with van der Waals surface area (Å²) in [5.41, 5.74) is 0.0604. The maximum absolute atomic E-state index is 12.2. The van der Waals surface area contributed by atoms with Crippen molar-refractivity contribution in [2.24, 2.45) is 0 Å². The Hall–Kier alpha value is -2.97. The van der Waals surface area contributed by atoms with Gasteiger partial charge in [0.1, 0.15) is 17.8 Å². The average molecular weight is 334 g/mol. The Morgan fingerprint density at radius 2 is 1.96 bits per heavy atom. The van der Waals surface area contributed by atoms with Crippen LogP contribution in [0.15, 0.2) is 12.1 Å². The molecule has 1 aromatic carbocycles. The molecule has 0 saturated carbocycles. The van der Waals surface area contributed by atoms with E-state index < -0.39 is 34.9 Å². The van der Waals surface area contributed by atoms with E-state index in [1.165, 1.54) is 19.9 Å². The highest BCUT2D eigenvalue weighted by Crippen LogP contribution is 2.30. The van der Waals surface area contributed by atoms with E-state index in [2.05, 4.69) is 10.6 Å². The van der Waals surface area contributed by atoms with E-state index in [0.29, 0.717) is 5.56 Å².